The first kappa shape index (κ1) is 14.4. The second kappa shape index (κ2) is 5.99. The van der Waals surface area contributed by atoms with E-state index in [2.05, 4.69) is 0 Å². The van der Waals surface area contributed by atoms with Crippen molar-refractivity contribution in [3.05, 3.63) is 35.4 Å². The molecule has 1 nitrogen and oxygen atoms in total. The SMILES string of the molecule is O=CC(c1cccc(C(F)(F)F)c1)C1CCCSC1. The lowest BCUT2D eigenvalue weighted by Crippen LogP contribution is -2.21. The molecular weight excluding hydrogens is 273 g/mol. The van der Waals surface area contributed by atoms with E-state index >= 15 is 0 Å². The van der Waals surface area contributed by atoms with Crippen molar-refractivity contribution in [2.75, 3.05) is 11.5 Å². The summed E-state index contributed by atoms with van der Waals surface area (Å²) in [5.74, 6) is 1.65. The molecule has 2 rings (SSSR count). The molecule has 19 heavy (non-hydrogen) atoms. The molecule has 0 aromatic heterocycles. The van der Waals surface area contributed by atoms with Crippen molar-refractivity contribution in [1.82, 2.24) is 0 Å². The van der Waals surface area contributed by atoms with Crippen molar-refractivity contribution in [3.63, 3.8) is 0 Å². The first-order chi connectivity index (χ1) is 9.02. The number of aldehydes is 1. The molecule has 0 aliphatic carbocycles. The summed E-state index contributed by atoms with van der Waals surface area (Å²) >= 11 is 1.77. The van der Waals surface area contributed by atoms with Gasteiger partial charge in [0.05, 0.1) is 5.56 Å². The molecule has 0 radical (unpaired) electrons. The van der Waals surface area contributed by atoms with Crippen LogP contribution in [0.15, 0.2) is 24.3 Å². The van der Waals surface area contributed by atoms with Crippen LogP contribution in [0.3, 0.4) is 0 Å². The van der Waals surface area contributed by atoms with Crippen molar-refractivity contribution < 1.29 is 18.0 Å². The number of carbonyl (C=O) groups is 1. The van der Waals surface area contributed by atoms with Crippen LogP contribution >= 0.6 is 11.8 Å². The number of benzene rings is 1. The van der Waals surface area contributed by atoms with E-state index in [1.807, 2.05) is 0 Å². The van der Waals surface area contributed by atoms with Gasteiger partial charge >= 0.3 is 6.18 Å². The van der Waals surface area contributed by atoms with E-state index < -0.39 is 17.7 Å². The molecule has 0 N–H and O–H groups in total. The summed E-state index contributed by atoms with van der Waals surface area (Å²) in [6.07, 6.45) is -1.62. The van der Waals surface area contributed by atoms with Crippen molar-refractivity contribution in [2.24, 2.45) is 5.92 Å². The third-order valence-corrected chi connectivity index (χ3v) is 4.69. The normalized spacial score (nSPS) is 21.9. The Morgan fingerprint density at radius 2 is 2.16 bits per heavy atom. The molecule has 2 atom stereocenters. The smallest absolute Gasteiger partial charge is 0.303 e. The van der Waals surface area contributed by atoms with E-state index in [9.17, 15) is 18.0 Å². The molecule has 0 amide bonds. The van der Waals surface area contributed by atoms with Crippen LogP contribution in [0.2, 0.25) is 0 Å². The van der Waals surface area contributed by atoms with E-state index in [1.165, 1.54) is 6.07 Å². The van der Waals surface area contributed by atoms with Crippen molar-refractivity contribution in [1.29, 1.82) is 0 Å². The van der Waals surface area contributed by atoms with Gasteiger partial charge in [-0.1, -0.05) is 18.2 Å². The Morgan fingerprint density at radius 1 is 1.37 bits per heavy atom. The predicted molar refractivity (Wildman–Crippen MR) is 70.3 cm³/mol. The number of rotatable bonds is 3. The van der Waals surface area contributed by atoms with Gasteiger partial charge in [-0.3, -0.25) is 0 Å². The van der Waals surface area contributed by atoms with E-state index in [0.29, 0.717) is 5.56 Å². The molecule has 104 valence electrons. The number of carbonyl (C=O) groups excluding carboxylic acids is 1. The Labute approximate surface area is 114 Å². The van der Waals surface area contributed by atoms with E-state index in [4.69, 9.17) is 0 Å². The summed E-state index contributed by atoms with van der Waals surface area (Å²) in [6.45, 7) is 0. The van der Waals surface area contributed by atoms with Crippen LogP contribution in [0.5, 0.6) is 0 Å². The average Bonchev–Trinajstić information content (AvgIpc) is 2.40. The lowest BCUT2D eigenvalue weighted by atomic mass is 9.84. The lowest BCUT2D eigenvalue weighted by Gasteiger charge is -2.27. The second-order valence-corrected chi connectivity index (χ2v) is 5.91. The molecule has 1 aromatic carbocycles. The second-order valence-electron chi connectivity index (χ2n) is 4.76. The molecule has 1 aliphatic rings. The number of hydrogen-bond acceptors (Lipinski definition) is 2. The minimum absolute atomic E-state index is 0.153. The fraction of sp³-hybridized carbons (Fsp3) is 0.500. The highest BCUT2D eigenvalue weighted by Crippen LogP contribution is 2.36. The van der Waals surface area contributed by atoms with E-state index in [1.54, 1.807) is 17.8 Å². The summed E-state index contributed by atoms with van der Waals surface area (Å²) < 4.78 is 38.1. The first-order valence-corrected chi connectivity index (χ1v) is 7.38. The van der Waals surface area contributed by atoms with Crippen LogP contribution in [0, 0.1) is 5.92 Å². The molecular formula is C14H15F3OS. The maximum atomic E-state index is 12.7. The molecule has 1 aromatic rings. The highest BCUT2D eigenvalue weighted by Gasteiger charge is 2.32. The fourth-order valence-electron chi connectivity index (χ4n) is 2.43. The molecule has 5 heteroatoms. The van der Waals surface area contributed by atoms with Crippen LogP contribution in [-0.2, 0) is 11.0 Å². The van der Waals surface area contributed by atoms with Crippen LogP contribution in [0.25, 0.3) is 0 Å². The Kier molecular flexibility index (Phi) is 4.55. The maximum absolute atomic E-state index is 12.7. The fourth-order valence-corrected chi connectivity index (χ4v) is 3.65. The number of alkyl halides is 3. The zero-order chi connectivity index (χ0) is 13.9. The third-order valence-electron chi connectivity index (χ3n) is 3.45. The zero-order valence-corrected chi connectivity index (χ0v) is 11.1. The van der Waals surface area contributed by atoms with Crippen LogP contribution in [0.4, 0.5) is 13.2 Å². The van der Waals surface area contributed by atoms with Gasteiger partial charge in [-0.05, 0) is 41.9 Å². The first-order valence-electron chi connectivity index (χ1n) is 6.22. The predicted octanol–water partition coefficient (Wildman–Crippen LogP) is 4.13. The van der Waals surface area contributed by atoms with Crippen LogP contribution < -0.4 is 0 Å². The number of hydrogen-bond donors (Lipinski definition) is 0. The lowest BCUT2D eigenvalue weighted by molar-refractivity contribution is -0.137. The summed E-state index contributed by atoms with van der Waals surface area (Å²) in [7, 11) is 0. The Morgan fingerprint density at radius 3 is 2.74 bits per heavy atom. The largest absolute Gasteiger partial charge is 0.416 e. The van der Waals surface area contributed by atoms with Crippen molar-refractivity contribution in [2.45, 2.75) is 24.9 Å². The summed E-state index contributed by atoms with van der Waals surface area (Å²) in [5, 5.41) is 0. The van der Waals surface area contributed by atoms with Gasteiger partial charge in [0, 0.05) is 5.92 Å². The average molecular weight is 288 g/mol. The maximum Gasteiger partial charge on any atom is 0.416 e. The minimum atomic E-state index is -4.36. The summed E-state index contributed by atoms with van der Waals surface area (Å²) in [4.78, 5) is 11.3. The van der Waals surface area contributed by atoms with Crippen molar-refractivity contribution >= 4 is 18.0 Å². The monoisotopic (exact) mass is 288 g/mol. The minimum Gasteiger partial charge on any atom is -0.303 e. The van der Waals surface area contributed by atoms with Crippen molar-refractivity contribution in [3.8, 4) is 0 Å². The Balaban J connectivity index is 2.25. The summed E-state index contributed by atoms with van der Waals surface area (Å²) in [6, 6.07) is 5.15. The van der Waals surface area contributed by atoms with Gasteiger partial charge in [0.25, 0.3) is 0 Å². The highest BCUT2D eigenvalue weighted by atomic mass is 32.2. The standard InChI is InChI=1S/C14H15F3OS/c15-14(16,17)12-5-1-3-10(7-12)13(8-18)11-4-2-6-19-9-11/h1,3,5,7-8,11,13H,2,4,6,9H2. The highest BCUT2D eigenvalue weighted by molar-refractivity contribution is 7.99. The molecule has 1 fully saturated rings. The molecule has 1 aliphatic heterocycles. The summed E-state index contributed by atoms with van der Waals surface area (Å²) in [5.41, 5.74) is -0.197. The topological polar surface area (TPSA) is 17.1 Å². The van der Waals surface area contributed by atoms with Crippen LogP contribution in [-0.4, -0.2) is 17.8 Å². The van der Waals surface area contributed by atoms with Gasteiger partial charge in [-0.2, -0.15) is 24.9 Å². The molecule has 0 bridgehead atoms. The van der Waals surface area contributed by atoms with Crippen LogP contribution in [0.1, 0.15) is 29.9 Å². The van der Waals surface area contributed by atoms with Gasteiger partial charge in [0.1, 0.15) is 6.29 Å². The zero-order valence-electron chi connectivity index (χ0n) is 10.3. The molecule has 2 unspecified atom stereocenters. The quantitative estimate of drug-likeness (QED) is 0.778. The molecule has 0 spiro atoms. The molecule has 0 saturated carbocycles. The number of thioether (sulfide) groups is 1. The Bertz CT molecular complexity index is 439. The van der Waals surface area contributed by atoms with Gasteiger partial charge in [0.15, 0.2) is 0 Å². The van der Waals surface area contributed by atoms with E-state index in [0.717, 1.165) is 42.8 Å². The van der Waals surface area contributed by atoms with Gasteiger partial charge in [-0.15, -0.1) is 0 Å². The molecule has 1 heterocycles. The molecule has 1 saturated heterocycles. The van der Waals surface area contributed by atoms with Gasteiger partial charge in [0.2, 0.25) is 0 Å². The van der Waals surface area contributed by atoms with Gasteiger partial charge in [-0.25, -0.2) is 0 Å². The van der Waals surface area contributed by atoms with Gasteiger partial charge < -0.3 is 4.79 Å². The number of halogens is 3. The Hall–Kier alpha value is -0.970. The van der Waals surface area contributed by atoms with E-state index in [-0.39, 0.29) is 5.92 Å². The third kappa shape index (κ3) is 3.53.